The Labute approximate surface area is 122 Å². The van der Waals surface area contributed by atoms with Crippen molar-refractivity contribution in [3.05, 3.63) is 40.6 Å². The van der Waals surface area contributed by atoms with Crippen LogP contribution in [0.3, 0.4) is 0 Å². The summed E-state index contributed by atoms with van der Waals surface area (Å²) >= 11 is 11.9. The summed E-state index contributed by atoms with van der Waals surface area (Å²) in [6.07, 6.45) is 2.07. The smallest absolute Gasteiger partial charge is 0.319 e. The van der Waals surface area contributed by atoms with Crippen molar-refractivity contribution in [2.45, 2.75) is 13.3 Å². The first-order valence-electron chi connectivity index (χ1n) is 5.77. The van der Waals surface area contributed by atoms with E-state index in [1.165, 1.54) is 6.26 Å². The zero-order chi connectivity index (χ0) is 14.3. The van der Waals surface area contributed by atoms with Crippen molar-refractivity contribution in [3.8, 4) is 0 Å². The fraction of sp³-hybridized carbons (Fsp3) is 0.308. The van der Waals surface area contributed by atoms with Gasteiger partial charge in [-0.05, 0) is 31.0 Å². The predicted molar refractivity (Wildman–Crippen MR) is 79.0 cm³/mol. The van der Waals surface area contributed by atoms with Gasteiger partial charge in [0, 0.05) is 11.6 Å². The SMILES string of the molecule is C=COCCCNC(=O)Nc1cc(C)c(Cl)cc1Cl. The Hall–Kier alpha value is -1.39. The summed E-state index contributed by atoms with van der Waals surface area (Å²) in [6, 6.07) is 3.01. The molecule has 0 spiro atoms. The lowest BCUT2D eigenvalue weighted by molar-refractivity contribution is 0.238. The second-order valence-corrected chi connectivity index (χ2v) is 4.67. The van der Waals surface area contributed by atoms with Gasteiger partial charge in [0.2, 0.25) is 0 Å². The number of amides is 2. The number of hydrogen-bond donors (Lipinski definition) is 2. The molecule has 0 atom stereocenters. The van der Waals surface area contributed by atoms with Crippen LogP contribution in [0.1, 0.15) is 12.0 Å². The number of nitrogens with one attached hydrogen (secondary N) is 2. The highest BCUT2D eigenvalue weighted by atomic mass is 35.5. The summed E-state index contributed by atoms with van der Waals surface area (Å²) in [4.78, 5) is 11.6. The summed E-state index contributed by atoms with van der Waals surface area (Å²) < 4.78 is 4.94. The molecule has 19 heavy (non-hydrogen) atoms. The van der Waals surface area contributed by atoms with Gasteiger partial charge < -0.3 is 15.4 Å². The van der Waals surface area contributed by atoms with E-state index in [0.29, 0.717) is 35.3 Å². The van der Waals surface area contributed by atoms with Crippen LogP contribution < -0.4 is 10.6 Å². The third-order valence-corrected chi connectivity index (χ3v) is 3.06. The van der Waals surface area contributed by atoms with Crippen LogP contribution in [0.5, 0.6) is 0 Å². The van der Waals surface area contributed by atoms with Gasteiger partial charge in [-0.1, -0.05) is 29.8 Å². The van der Waals surface area contributed by atoms with E-state index in [1.54, 1.807) is 12.1 Å². The monoisotopic (exact) mass is 302 g/mol. The molecule has 0 radical (unpaired) electrons. The van der Waals surface area contributed by atoms with Crippen molar-refractivity contribution in [2.75, 3.05) is 18.5 Å². The van der Waals surface area contributed by atoms with Crippen LogP contribution in [0.15, 0.2) is 25.0 Å². The van der Waals surface area contributed by atoms with Gasteiger partial charge in [-0.15, -0.1) is 0 Å². The molecule has 0 unspecified atom stereocenters. The van der Waals surface area contributed by atoms with Crippen LogP contribution in [0.25, 0.3) is 0 Å². The first-order valence-corrected chi connectivity index (χ1v) is 6.53. The molecule has 2 N–H and O–H groups in total. The summed E-state index contributed by atoms with van der Waals surface area (Å²) in [5, 5.41) is 6.33. The van der Waals surface area contributed by atoms with Crippen molar-refractivity contribution in [2.24, 2.45) is 0 Å². The minimum absolute atomic E-state index is 0.317. The maximum atomic E-state index is 11.6. The van der Waals surface area contributed by atoms with Crippen LogP contribution in [-0.2, 0) is 4.74 Å². The second-order valence-electron chi connectivity index (χ2n) is 3.85. The van der Waals surface area contributed by atoms with Crippen molar-refractivity contribution in [1.82, 2.24) is 5.32 Å². The second kappa shape index (κ2) is 7.92. The fourth-order valence-electron chi connectivity index (χ4n) is 1.36. The Balaban J connectivity index is 2.44. The third-order valence-electron chi connectivity index (χ3n) is 2.34. The van der Waals surface area contributed by atoms with Gasteiger partial charge in [-0.2, -0.15) is 0 Å². The highest BCUT2D eigenvalue weighted by Gasteiger charge is 2.07. The summed E-state index contributed by atoms with van der Waals surface area (Å²) in [6.45, 7) is 6.29. The van der Waals surface area contributed by atoms with Gasteiger partial charge in [0.1, 0.15) is 0 Å². The molecule has 2 amide bonds. The van der Waals surface area contributed by atoms with E-state index in [0.717, 1.165) is 5.56 Å². The van der Waals surface area contributed by atoms with Crippen LogP contribution in [0, 0.1) is 6.92 Å². The standard InChI is InChI=1S/C13H16Cl2N2O2/c1-3-19-6-4-5-16-13(18)17-12-7-9(2)10(14)8-11(12)15/h3,7-8H,1,4-6H2,2H3,(H2,16,17,18). The van der Waals surface area contributed by atoms with E-state index >= 15 is 0 Å². The molecule has 0 aliphatic rings. The summed E-state index contributed by atoms with van der Waals surface area (Å²) in [5.41, 5.74) is 1.38. The number of urea groups is 1. The van der Waals surface area contributed by atoms with Gasteiger partial charge in [0.15, 0.2) is 0 Å². The van der Waals surface area contributed by atoms with E-state index in [1.807, 2.05) is 6.92 Å². The zero-order valence-corrected chi connectivity index (χ0v) is 12.1. The molecule has 104 valence electrons. The molecule has 0 aromatic heterocycles. The van der Waals surface area contributed by atoms with Gasteiger partial charge in [-0.25, -0.2) is 4.79 Å². The fourth-order valence-corrected chi connectivity index (χ4v) is 1.79. The number of carbonyl (C=O) groups is 1. The lowest BCUT2D eigenvalue weighted by atomic mass is 10.2. The number of hydrogen-bond acceptors (Lipinski definition) is 2. The maximum absolute atomic E-state index is 11.6. The molecule has 0 aliphatic carbocycles. The number of ether oxygens (including phenoxy) is 1. The molecule has 0 fully saturated rings. The quantitative estimate of drug-likeness (QED) is 0.617. The molecule has 0 aliphatic heterocycles. The third kappa shape index (κ3) is 5.41. The van der Waals surface area contributed by atoms with Gasteiger partial charge in [-0.3, -0.25) is 0 Å². The number of aryl methyl sites for hydroxylation is 1. The molecule has 1 aromatic carbocycles. The largest absolute Gasteiger partial charge is 0.502 e. The first-order chi connectivity index (χ1) is 9.04. The minimum atomic E-state index is -0.317. The van der Waals surface area contributed by atoms with Crippen LogP contribution in [0.2, 0.25) is 10.0 Å². The van der Waals surface area contributed by atoms with Crippen molar-refractivity contribution < 1.29 is 9.53 Å². The molecular weight excluding hydrogens is 287 g/mol. The number of rotatable bonds is 6. The number of carbonyl (C=O) groups excluding carboxylic acids is 1. The Morgan fingerprint density at radius 1 is 1.42 bits per heavy atom. The Kier molecular flexibility index (Phi) is 6.53. The van der Waals surface area contributed by atoms with E-state index in [9.17, 15) is 4.79 Å². The summed E-state index contributed by atoms with van der Waals surface area (Å²) in [5.74, 6) is 0. The molecular formula is C13H16Cl2N2O2. The van der Waals surface area contributed by atoms with E-state index in [2.05, 4.69) is 17.2 Å². The first kappa shape index (κ1) is 15.7. The Morgan fingerprint density at radius 2 is 2.16 bits per heavy atom. The summed E-state index contributed by atoms with van der Waals surface area (Å²) in [7, 11) is 0. The highest BCUT2D eigenvalue weighted by molar-refractivity contribution is 6.37. The van der Waals surface area contributed by atoms with Gasteiger partial charge in [0.25, 0.3) is 0 Å². The minimum Gasteiger partial charge on any atom is -0.502 e. The number of halogens is 2. The predicted octanol–water partition coefficient (Wildman–Crippen LogP) is 3.97. The molecule has 0 bridgehead atoms. The molecule has 0 heterocycles. The van der Waals surface area contributed by atoms with Crippen molar-refractivity contribution in [1.29, 1.82) is 0 Å². The topological polar surface area (TPSA) is 50.4 Å². The average molecular weight is 303 g/mol. The lowest BCUT2D eigenvalue weighted by Gasteiger charge is -2.10. The Morgan fingerprint density at radius 3 is 2.84 bits per heavy atom. The molecule has 6 heteroatoms. The van der Waals surface area contributed by atoms with Crippen LogP contribution in [0.4, 0.5) is 10.5 Å². The molecule has 1 aromatic rings. The van der Waals surface area contributed by atoms with Crippen LogP contribution >= 0.6 is 23.2 Å². The van der Waals surface area contributed by atoms with E-state index < -0.39 is 0 Å². The van der Waals surface area contributed by atoms with Gasteiger partial charge >= 0.3 is 6.03 Å². The maximum Gasteiger partial charge on any atom is 0.319 e. The normalized spacial score (nSPS) is 9.84. The highest BCUT2D eigenvalue weighted by Crippen LogP contribution is 2.28. The number of benzene rings is 1. The van der Waals surface area contributed by atoms with Crippen molar-refractivity contribution >= 4 is 34.9 Å². The zero-order valence-electron chi connectivity index (χ0n) is 10.6. The van der Waals surface area contributed by atoms with Gasteiger partial charge in [0.05, 0.1) is 23.6 Å². The average Bonchev–Trinajstić information content (AvgIpc) is 2.35. The van der Waals surface area contributed by atoms with E-state index in [4.69, 9.17) is 27.9 Å². The van der Waals surface area contributed by atoms with E-state index in [-0.39, 0.29) is 6.03 Å². The number of anilines is 1. The molecule has 1 rings (SSSR count). The van der Waals surface area contributed by atoms with Crippen LogP contribution in [-0.4, -0.2) is 19.2 Å². The molecule has 4 nitrogen and oxygen atoms in total. The lowest BCUT2D eigenvalue weighted by Crippen LogP contribution is -2.30. The Bertz CT molecular complexity index is 464. The van der Waals surface area contributed by atoms with Crippen molar-refractivity contribution in [3.63, 3.8) is 0 Å². The molecule has 0 saturated heterocycles. The molecule has 0 saturated carbocycles.